The third-order valence-corrected chi connectivity index (χ3v) is 3.17. The van der Waals surface area contributed by atoms with E-state index in [2.05, 4.69) is 16.1 Å². The molecule has 1 aliphatic rings. The number of carbonyl (C=O) groups excluding carboxylic acids is 2. The molecule has 1 saturated heterocycles. The van der Waals surface area contributed by atoms with Gasteiger partial charge in [0.05, 0.1) is 11.3 Å². The SMILES string of the molecule is Cc1ccc(NN)c(C(=O)NC2CCCNC2=O)c1. The summed E-state index contributed by atoms with van der Waals surface area (Å²) in [5.41, 5.74) is 4.43. The number of benzene rings is 1. The van der Waals surface area contributed by atoms with E-state index in [1.54, 1.807) is 12.1 Å². The number of nitrogen functional groups attached to an aromatic ring is 1. The van der Waals surface area contributed by atoms with Gasteiger partial charge in [0.25, 0.3) is 5.91 Å². The molecular formula is C13H18N4O2. The minimum atomic E-state index is -0.465. The Morgan fingerprint density at radius 1 is 1.47 bits per heavy atom. The van der Waals surface area contributed by atoms with Crippen LogP contribution in [0, 0.1) is 6.92 Å². The topological polar surface area (TPSA) is 96.2 Å². The first kappa shape index (κ1) is 13.4. The van der Waals surface area contributed by atoms with Crippen LogP contribution in [0.3, 0.4) is 0 Å². The number of amides is 2. The lowest BCUT2D eigenvalue weighted by molar-refractivity contribution is -0.124. The maximum absolute atomic E-state index is 12.2. The molecule has 2 rings (SSSR count). The van der Waals surface area contributed by atoms with E-state index >= 15 is 0 Å². The zero-order valence-electron chi connectivity index (χ0n) is 10.8. The number of nitrogens with two attached hydrogens (primary N) is 1. The Labute approximate surface area is 111 Å². The summed E-state index contributed by atoms with van der Waals surface area (Å²) in [7, 11) is 0. The highest BCUT2D eigenvalue weighted by Gasteiger charge is 2.24. The molecule has 0 bridgehead atoms. The molecule has 2 amide bonds. The highest BCUT2D eigenvalue weighted by Crippen LogP contribution is 2.17. The molecule has 1 atom stereocenters. The van der Waals surface area contributed by atoms with Crippen LogP contribution in [0.1, 0.15) is 28.8 Å². The lowest BCUT2D eigenvalue weighted by Gasteiger charge is -2.23. The zero-order valence-corrected chi connectivity index (χ0v) is 10.8. The average molecular weight is 262 g/mol. The number of anilines is 1. The maximum atomic E-state index is 12.2. The lowest BCUT2D eigenvalue weighted by atomic mass is 10.0. The van der Waals surface area contributed by atoms with Gasteiger partial charge in [-0.25, -0.2) is 0 Å². The molecule has 0 spiro atoms. The molecule has 5 N–H and O–H groups in total. The molecule has 0 aliphatic carbocycles. The van der Waals surface area contributed by atoms with E-state index in [-0.39, 0.29) is 11.8 Å². The van der Waals surface area contributed by atoms with E-state index < -0.39 is 6.04 Å². The van der Waals surface area contributed by atoms with Crippen molar-refractivity contribution in [1.82, 2.24) is 10.6 Å². The number of piperidine rings is 1. The Hall–Kier alpha value is -2.08. The normalized spacial score (nSPS) is 18.6. The Bertz CT molecular complexity index is 501. The van der Waals surface area contributed by atoms with Gasteiger partial charge >= 0.3 is 0 Å². The molecule has 1 aliphatic heterocycles. The second-order valence-electron chi connectivity index (χ2n) is 4.65. The van der Waals surface area contributed by atoms with Gasteiger partial charge in [-0.05, 0) is 31.9 Å². The fraction of sp³-hybridized carbons (Fsp3) is 0.385. The predicted octanol–water partition coefficient (Wildman–Crippen LogP) is 0.289. The first-order valence-electron chi connectivity index (χ1n) is 6.27. The van der Waals surface area contributed by atoms with E-state index in [0.717, 1.165) is 12.0 Å². The number of aryl methyl sites for hydroxylation is 1. The first-order chi connectivity index (χ1) is 9.11. The van der Waals surface area contributed by atoms with E-state index in [0.29, 0.717) is 24.2 Å². The third-order valence-electron chi connectivity index (χ3n) is 3.17. The van der Waals surface area contributed by atoms with Crippen molar-refractivity contribution >= 4 is 17.5 Å². The van der Waals surface area contributed by atoms with Gasteiger partial charge in [0.1, 0.15) is 6.04 Å². The molecule has 19 heavy (non-hydrogen) atoms. The van der Waals surface area contributed by atoms with Crippen LogP contribution in [0.15, 0.2) is 18.2 Å². The van der Waals surface area contributed by atoms with Gasteiger partial charge in [-0.3, -0.25) is 15.4 Å². The molecule has 1 unspecified atom stereocenters. The summed E-state index contributed by atoms with van der Waals surface area (Å²) in [5, 5.41) is 5.48. The molecule has 1 fully saturated rings. The van der Waals surface area contributed by atoms with Crippen molar-refractivity contribution in [2.24, 2.45) is 5.84 Å². The fourth-order valence-corrected chi connectivity index (χ4v) is 2.12. The van der Waals surface area contributed by atoms with Gasteiger partial charge in [0, 0.05) is 6.54 Å². The Kier molecular flexibility index (Phi) is 4.01. The van der Waals surface area contributed by atoms with Crippen molar-refractivity contribution < 1.29 is 9.59 Å². The molecule has 0 aromatic heterocycles. The highest BCUT2D eigenvalue weighted by atomic mass is 16.2. The molecule has 0 saturated carbocycles. The zero-order chi connectivity index (χ0) is 13.8. The summed E-state index contributed by atoms with van der Waals surface area (Å²) < 4.78 is 0. The Morgan fingerprint density at radius 3 is 2.95 bits per heavy atom. The van der Waals surface area contributed by atoms with Crippen LogP contribution in [0.25, 0.3) is 0 Å². The van der Waals surface area contributed by atoms with Crippen molar-refractivity contribution in [2.45, 2.75) is 25.8 Å². The monoisotopic (exact) mass is 262 g/mol. The largest absolute Gasteiger partial charge is 0.354 e. The van der Waals surface area contributed by atoms with Gasteiger partial charge in [0.15, 0.2) is 0 Å². The van der Waals surface area contributed by atoms with Crippen LogP contribution in [0.5, 0.6) is 0 Å². The fourth-order valence-electron chi connectivity index (χ4n) is 2.12. The summed E-state index contributed by atoms with van der Waals surface area (Å²) in [6.45, 7) is 2.57. The number of hydrogen-bond acceptors (Lipinski definition) is 4. The lowest BCUT2D eigenvalue weighted by Crippen LogP contribution is -2.50. The van der Waals surface area contributed by atoms with E-state index in [1.165, 1.54) is 0 Å². The Balaban J connectivity index is 2.15. The summed E-state index contributed by atoms with van der Waals surface area (Å²) in [6, 6.07) is 4.88. The molecule has 6 heteroatoms. The third kappa shape index (κ3) is 3.03. The van der Waals surface area contributed by atoms with Gasteiger partial charge in [0.2, 0.25) is 5.91 Å². The van der Waals surface area contributed by atoms with Crippen LogP contribution in [-0.2, 0) is 4.79 Å². The molecule has 0 radical (unpaired) electrons. The van der Waals surface area contributed by atoms with Gasteiger partial charge in [-0.2, -0.15) is 0 Å². The van der Waals surface area contributed by atoms with Crippen molar-refractivity contribution in [3.05, 3.63) is 29.3 Å². The number of rotatable bonds is 3. The number of nitrogens with one attached hydrogen (secondary N) is 3. The standard InChI is InChI=1S/C13H18N4O2/c1-8-4-5-10(17-14)9(7-8)12(18)16-11-3-2-6-15-13(11)19/h4-5,7,11,17H,2-3,6,14H2,1H3,(H,15,19)(H,16,18). The van der Waals surface area contributed by atoms with Gasteiger partial charge in [-0.15, -0.1) is 0 Å². The second-order valence-corrected chi connectivity index (χ2v) is 4.65. The van der Waals surface area contributed by atoms with Crippen molar-refractivity contribution in [1.29, 1.82) is 0 Å². The number of hydrogen-bond donors (Lipinski definition) is 4. The van der Waals surface area contributed by atoms with Gasteiger partial charge in [-0.1, -0.05) is 11.6 Å². The van der Waals surface area contributed by atoms with Crippen molar-refractivity contribution in [3.8, 4) is 0 Å². The van der Waals surface area contributed by atoms with Crippen LogP contribution >= 0.6 is 0 Å². The summed E-state index contributed by atoms with van der Waals surface area (Å²) in [4.78, 5) is 23.8. The van der Waals surface area contributed by atoms with Gasteiger partial charge < -0.3 is 16.1 Å². The summed E-state index contributed by atoms with van der Waals surface area (Å²) in [6.07, 6.45) is 1.53. The van der Waals surface area contributed by atoms with E-state index in [1.807, 2.05) is 13.0 Å². The molecule has 1 aromatic carbocycles. The minimum Gasteiger partial charge on any atom is -0.354 e. The van der Waals surface area contributed by atoms with Crippen LogP contribution < -0.4 is 21.9 Å². The molecule has 6 nitrogen and oxygen atoms in total. The smallest absolute Gasteiger partial charge is 0.254 e. The quantitative estimate of drug-likeness (QED) is 0.465. The molecule has 102 valence electrons. The van der Waals surface area contributed by atoms with E-state index in [9.17, 15) is 9.59 Å². The summed E-state index contributed by atoms with van der Waals surface area (Å²) >= 11 is 0. The average Bonchev–Trinajstić information content (AvgIpc) is 2.41. The van der Waals surface area contributed by atoms with E-state index in [4.69, 9.17) is 5.84 Å². The highest BCUT2D eigenvalue weighted by molar-refractivity contribution is 6.02. The molecule has 1 heterocycles. The predicted molar refractivity (Wildman–Crippen MR) is 72.5 cm³/mol. The summed E-state index contributed by atoms with van der Waals surface area (Å²) in [5.74, 6) is 4.97. The molecule has 1 aromatic rings. The number of carbonyl (C=O) groups is 2. The Morgan fingerprint density at radius 2 is 2.26 bits per heavy atom. The maximum Gasteiger partial charge on any atom is 0.254 e. The second kappa shape index (κ2) is 5.71. The number of hydrazine groups is 1. The molecular weight excluding hydrogens is 244 g/mol. The van der Waals surface area contributed by atoms with Crippen LogP contribution in [0.4, 0.5) is 5.69 Å². The van der Waals surface area contributed by atoms with Crippen molar-refractivity contribution in [2.75, 3.05) is 12.0 Å². The van der Waals surface area contributed by atoms with Crippen molar-refractivity contribution in [3.63, 3.8) is 0 Å². The first-order valence-corrected chi connectivity index (χ1v) is 6.27. The van der Waals surface area contributed by atoms with Crippen LogP contribution in [-0.4, -0.2) is 24.4 Å². The minimum absolute atomic E-state index is 0.130. The van der Waals surface area contributed by atoms with Crippen LogP contribution in [0.2, 0.25) is 0 Å².